The Hall–Kier alpha value is -1.27. The molecule has 120 valence electrons. The van der Waals surface area contributed by atoms with Gasteiger partial charge in [0.15, 0.2) is 0 Å². The predicted molar refractivity (Wildman–Crippen MR) is 87.2 cm³/mol. The van der Waals surface area contributed by atoms with Gasteiger partial charge >= 0.3 is 0 Å². The zero-order chi connectivity index (χ0) is 15.6. The Kier molecular flexibility index (Phi) is 4.59. The van der Waals surface area contributed by atoms with Crippen LogP contribution in [0.3, 0.4) is 0 Å². The Morgan fingerprint density at radius 1 is 1.59 bits per heavy atom. The van der Waals surface area contributed by atoms with Crippen LogP contribution in [-0.2, 0) is 16.1 Å². The molecule has 2 saturated heterocycles. The molecule has 0 aliphatic carbocycles. The van der Waals surface area contributed by atoms with Gasteiger partial charge in [-0.15, -0.1) is 0 Å². The third-order valence-corrected chi connectivity index (χ3v) is 5.61. The van der Waals surface area contributed by atoms with Gasteiger partial charge in [0, 0.05) is 30.7 Å². The Labute approximate surface area is 134 Å². The quantitative estimate of drug-likeness (QED) is 0.912. The molecule has 6 heteroatoms. The zero-order valence-corrected chi connectivity index (χ0v) is 13.7. The van der Waals surface area contributed by atoms with E-state index in [1.165, 1.54) is 4.57 Å². The molecule has 0 saturated carbocycles. The highest BCUT2D eigenvalue weighted by Gasteiger charge is 2.40. The molecule has 22 heavy (non-hydrogen) atoms. The standard InChI is InChI=1S/C16H22N2O3S/c1-12-2-5-18(15(20)8-12)10-14(19)17-13-3-6-21-16(9-13)4-7-22-11-16/h2,5,8,13H,3-4,6-7,9-11H2,1H3,(H,17,19)/t13-,16+/m1/s1. The smallest absolute Gasteiger partial charge is 0.251 e. The van der Waals surface area contributed by atoms with Crippen LogP contribution in [0.15, 0.2) is 23.1 Å². The maximum atomic E-state index is 12.2. The van der Waals surface area contributed by atoms with Crippen LogP contribution < -0.4 is 10.9 Å². The van der Waals surface area contributed by atoms with Crippen molar-refractivity contribution in [1.29, 1.82) is 0 Å². The second kappa shape index (κ2) is 6.46. The van der Waals surface area contributed by atoms with E-state index in [9.17, 15) is 9.59 Å². The van der Waals surface area contributed by atoms with Crippen molar-refractivity contribution in [2.45, 2.75) is 44.4 Å². The van der Waals surface area contributed by atoms with Crippen LogP contribution in [0.1, 0.15) is 24.8 Å². The van der Waals surface area contributed by atoms with Gasteiger partial charge in [-0.05, 0) is 43.6 Å². The van der Waals surface area contributed by atoms with Gasteiger partial charge in [-0.2, -0.15) is 11.8 Å². The molecule has 0 bridgehead atoms. The lowest BCUT2D eigenvalue weighted by atomic mass is 9.90. The van der Waals surface area contributed by atoms with Crippen LogP contribution in [0.5, 0.6) is 0 Å². The predicted octanol–water partition coefficient (Wildman–Crippen LogP) is 1.33. The average Bonchev–Trinajstić information content (AvgIpc) is 2.90. The summed E-state index contributed by atoms with van der Waals surface area (Å²) < 4.78 is 7.41. The van der Waals surface area contributed by atoms with Crippen molar-refractivity contribution in [3.63, 3.8) is 0 Å². The Bertz CT molecular complexity index is 608. The number of pyridine rings is 1. The first-order valence-corrected chi connectivity index (χ1v) is 8.90. The summed E-state index contributed by atoms with van der Waals surface area (Å²) in [5.74, 6) is 2.06. The summed E-state index contributed by atoms with van der Waals surface area (Å²) in [7, 11) is 0. The van der Waals surface area contributed by atoms with Crippen LogP contribution in [0.2, 0.25) is 0 Å². The summed E-state index contributed by atoms with van der Waals surface area (Å²) in [5, 5.41) is 3.07. The lowest BCUT2D eigenvalue weighted by Crippen LogP contribution is -2.49. The molecule has 1 spiro atoms. The normalized spacial score (nSPS) is 28.0. The van der Waals surface area contributed by atoms with Crippen molar-refractivity contribution in [1.82, 2.24) is 9.88 Å². The molecule has 1 N–H and O–H groups in total. The number of hydrogen-bond acceptors (Lipinski definition) is 4. The highest BCUT2D eigenvalue weighted by Crippen LogP contribution is 2.38. The molecular formula is C16H22N2O3S. The molecule has 1 amide bonds. The monoisotopic (exact) mass is 322 g/mol. The third kappa shape index (κ3) is 3.55. The maximum absolute atomic E-state index is 12.2. The number of amides is 1. The SMILES string of the molecule is Cc1ccn(CC(=O)N[C@@H]2CCO[C@@]3(CCSC3)C2)c(=O)c1. The molecule has 2 fully saturated rings. The second-order valence-corrected chi connectivity index (χ2v) is 7.37. The van der Waals surface area contributed by atoms with E-state index in [4.69, 9.17) is 4.74 Å². The minimum absolute atomic E-state index is 0.0401. The summed E-state index contributed by atoms with van der Waals surface area (Å²) in [6.07, 6.45) is 4.48. The highest BCUT2D eigenvalue weighted by atomic mass is 32.2. The van der Waals surface area contributed by atoms with Crippen molar-refractivity contribution in [3.8, 4) is 0 Å². The number of hydrogen-bond donors (Lipinski definition) is 1. The first-order chi connectivity index (χ1) is 10.6. The van der Waals surface area contributed by atoms with Gasteiger partial charge in [0.05, 0.1) is 5.60 Å². The summed E-state index contributed by atoms with van der Waals surface area (Å²) in [6, 6.07) is 3.54. The Balaban J connectivity index is 1.58. The molecule has 2 aliphatic rings. The highest BCUT2D eigenvalue weighted by molar-refractivity contribution is 7.99. The average molecular weight is 322 g/mol. The van der Waals surface area contributed by atoms with Gasteiger partial charge in [-0.3, -0.25) is 9.59 Å². The van der Waals surface area contributed by atoms with Crippen molar-refractivity contribution in [2.75, 3.05) is 18.1 Å². The molecule has 2 atom stereocenters. The summed E-state index contributed by atoms with van der Waals surface area (Å²) >= 11 is 1.92. The van der Waals surface area contributed by atoms with E-state index < -0.39 is 0 Å². The molecule has 3 rings (SSSR count). The zero-order valence-electron chi connectivity index (χ0n) is 12.8. The molecule has 0 aromatic carbocycles. The minimum atomic E-state index is -0.134. The summed E-state index contributed by atoms with van der Waals surface area (Å²) in [5.41, 5.74) is 0.735. The number of nitrogens with one attached hydrogen (secondary N) is 1. The van der Waals surface area contributed by atoms with E-state index in [0.29, 0.717) is 6.61 Å². The molecule has 3 heterocycles. The summed E-state index contributed by atoms with van der Waals surface area (Å²) in [4.78, 5) is 24.0. The van der Waals surface area contributed by atoms with Crippen molar-refractivity contribution < 1.29 is 9.53 Å². The van der Waals surface area contributed by atoms with E-state index in [1.54, 1.807) is 12.3 Å². The third-order valence-electron chi connectivity index (χ3n) is 4.39. The van der Waals surface area contributed by atoms with Crippen LogP contribution in [0, 0.1) is 6.92 Å². The number of carbonyl (C=O) groups excluding carboxylic acids is 1. The molecular weight excluding hydrogens is 300 g/mol. The number of carbonyl (C=O) groups is 1. The van der Waals surface area contributed by atoms with Gasteiger partial charge in [-0.1, -0.05) is 0 Å². The number of aromatic nitrogens is 1. The number of aryl methyl sites for hydroxylation is 1. The van der Waals surface area contributed by atoms with Gasteiger partial charge < -0.3 is 14.6 Å². The van der Waals surface area contributed by atoms with Gasteiger partial charge in [-0.25, -0.2) is 0 Å². The molecule has 0 radical (unpaired) electrons. The van der Waals surface area contributed by atoms with E-state index in [-0.39, 0.29) is 29.7 Å². The first kappa shape index (κ1) is 15.6. The largest absolute Gasteiger partial charge is 0.374 e. The number of ether oxygens (including phenoxy) is 1. The fraction of sp³-hybridized carbons (Fsp3) is 0.625. The summed E-state index contributed by atoms with van der Waals surface area (Å²) in [6.45, 7) is 2.65. The lowest BCUT2D eigenvalue weighted by Gasteiger charge is -2.38. The van der Waals surface area contributed by atoms with Crippen LogP contribution >= 0.6 is 11.8 Å². The van der Waals surface area contributed by atoms with Gasteiger partial charge in [0.1, 0.15) is 6.54 Å². The van der Waals surface area contributed by atoms with Gasteiger partial charge in [0.25, 0.3) is 5.56 Å². The molecule has 0 unspecified atom stereocenters. The second-order valence-electron chi connectivity index (χ2n) is 6.26. The minimum Gasteiger partial charge on any atom is -0.374 e. The maximum Gasteiger partial charge on any atom is 0.251 e. The van der Waals surface area contributed by atoms with Crippen LogP contribution in [-0.4, -0.2) is 40.2 Å². The lowest BCUT2D eigenvalue weighted by molar-refractivity contribution is -0.125. The van der Waals surface area contributed by atoms with E-state index in [0.717, 1.165) is 36.3 Å². The van der Waals surface area contributed by atoms with E-state index in [2.05, 4.69) is 5.32 Å². The van der Waals surface area contributed by atoms with Crippen molar-refractivity contribution in [3.05, 3.63) is 34.2 Å². The van der Waals surface area contributed by atoms with E-state index >= 15 is 0 Å². The topological polar surface area (TPSA) is 60.3 Å². The first-order valence-electron chi connectivity index (χ1n) is 7.75. The molecule has 5 nitrogen and oxygen atoms in total. The molecule has 1 aromatic heterocycles. The van der Waals surface area contributed by atoms with Crippen molar-refractivity contribution >= 4 is 17.7 Å². The Morgan fingerprint density at radius 2 is 2.45 bits per heavy atom. The molecule has 1 aromatic rings. The molecule has 2 aliphatic heterocycles. The fourth-order valence-electron chi connectivity index (χ4n) is 3.18. The Morgan fingerprint density at radius 3 is 3.18 bits per heavy atom. The van der Waals surface area contributed by atoms with Crippen molar-refractivity contribution in [2.24, 2.45) is 0 Å². The van der Waals surface area contributed by atoms with Crippen LogP contribution in [0.4, 0.5) is 0 Å². The van der Waals surface area contributed by atoms with E-state index in [1.807, 2.05) is 24.8 Å². The van der Waals surface area contributed by atoms with Crippen LogP contribution in [0.25, 0.3) is 0 Å². The number of nitrogens with zero attached hydrogens (tertiary/aromatic N) is 1. The number of rotatable bonds is 3. The number of thioether (sulfide) groups is 1. The van der Waals surface area contributed by atoms with Gasteiger partial charge in [0.2, 0.25) is 5.91 Å². The fourth-order valence-corrected chi connectivity index (χ4v) is 4.56.